The molecule has 1 aromatic rings. The summed E-state index contributed by atoms with van der Waals surface area (Å²) in [5.41, 5.74) is -0.271. The molecule has 126 valence electrons. The number of carbonyl (C=O) groups is 2. The van der Waals surface area contributed by atoms with E-state index in [-0.39, 0.29) is 12.1 Å². The molecule has 0 spiro atoms. The molecule has 5 heteroatoms. The molecule has 0 radical (unpaired) electrons. The summed E-state index contributed by atoms with van der Waals surface area (Å²) in [5, 5.41) is 13.8. The van der Waals surface area contributed by atoms with Gasteiger partial charge in [0, 0.05) is 6.54 Å². The summed E-state index contributed by atoms with van der Waals surface area (Å²) in [6.45, 7) is 4.41. The Morgan fingerprint density at radius 2 is 2.04 bits per heavy atom. The number of benzene rings is 1. The fraction of sp³-hybridized carbons (Fsp3) is 0.556. The number of amides is 2. The third-order valence-electron chi connectivity index (χ3n) is 4.94. The number of likely N-dealkylation sites (tertiary alicyclic amines) is 1. The maximum atomic E-state index is 13.2. The summed E-state index contributed by atoms with van der Waals surface area (Å²) in [4.78, 5) is 25.7. The van der Waals surface area contributed by atoms with Crippen LogP contribution in [-0.2, 0) is 9.59 Å². The minimum absolute atomic E-state index is 0.112. The molecule has 2 unspecified atom stereocenters. The Morgan fingerprint density at radius 1 is 1.39 bits per heavy atom. The van der Waals surface area contributed by atoms with Crippen molar-refractivity contribution in [2.75, 3.05) is 6.54 Å². The number of nitrogens with zero attached hydrogens (tertiary/aromatic N) is 1. The molecule has 2 rings (SSSR count). The smallest absolute Gasteiger partial charge is 0.234 e. The van der Waals surface area contributed by atoms with Gasteiger partial charge >= 0.3 is 0 Å². The van der Waals surface area contributed by atoms with Crippen LogP contribution >= 0.6 is 0 Å². The minimum Gasteiger partial charge on any atom is -0.389 e. The maximum absolute atomic E-state index is 13.2. The summed E-state index contributed by atoms with van der Waals surface area (Å²) in [5.74, 6) is -0.730. The van der Waals surface area contributed by atoms with Gasteiger partial charge in [0.2, 0.25) is 12.3 Å². The van der Waals surface area contributed by atoms with Gasteiger partial charge in [0.1, 0.15) is 6.17 Å². The van der Waals surface area contributed by atoms with Crippen molar-refractivity contribution in [2.24, 2.45) is 0 Å². The second-order valence-corrected chi connectivity index (χ2v) is 6.13. The van der Waals surface area contributed by atoms with Crippen LogP contribution in [0.1, 0.15) is 51.0 Å². The molecule has 5 nitrogen and oxygen atoms in total. The van der Waals surface area contributed by atoms with E-state index < -0.39 is 11.5 Å². The van der Waals surface area contributed by atoms with Crippen LogP contribution in [0.15, 0.2) is 30.3 Å². The molecule has 1 aliphatic rings. The third-order valence-corrected chi connectivity index (χ3v) is 4.94. The zero-order valence-electron chi connectivity index (χ0n) is 13.9. The van der Waals surface area contributed by atoms with Crippen LogP contribution in [0.25, 0.3) is 0 Å². The van der Waals surface area contributed by atoms with Crippen LogP contribution < -0.4 is 5.32 Å². The number of nitrogens with one attached hydrogen (secondary N) is 1. The molecule has 2 N–H and O–H groups in total. The standard InChI is InChI=1S/C18H26N2O3/c1-3-18(23,4-2)16(14-9-6-5-7-10-14)17(22)20-12-8-11-15(20)19-13-21/h5-7,9-10,13,15-16,23H,3-4,8,11-12H2,1-2H3,(H,19,21). The van der Waals surface area contributed by atoms with Gasteiger partial charge < -0.3 is 15.3 Å². The van der Waals surface area contributed by atoms with Crippen LogP contribution in [0.2, 0.25) is 0 Å². The van der Waals surface area contributed by atoms with E-state index in [0.29, 0.717) is 25.8 Å². The molecule has 1 aliphatic heterocycles. The highest BCUT2D eigenvalue weighted by molar-refractivity contribution is 5.86. The van der Waals surface area contributed by atoms with E-state index in [2.05, 4.69) is 5.32 Å². The summed E-state index contributed by atoms with van der Waals surface area (Å²) >= 11 is 0. The highest BCUT2D eigenvalue weighted by Gasteiger charge is 2.44. The van der Waals surface area contributed by atoms with Gasteiger partial charge in [-0.05, 0) is 31.2 Å². The summed E-state index contributed by atoms with van der Waals surface area (Å²) < 4.78 is 0. The van der Waals surface area contributed by atoms with Gasteiger partial charge in [-0.25, -0.2) is 0 Å². The zero-order chi connectivity index (χ0) is 16.9. The number of hydrogen-bond donors (Lipinski definition) is 2. The SMILES string of the molecule is CCC(O)(CC)C(C(=O)N1CCCC1NC=O)c1ccccc1. The number of carbonyl (C=O) groups excluding carboxylic acids is 2. The highest BCUT2D eigenvalue weighted by Crippen LogP contribution is 2.36. The van der Waals surface area contributed by atoms with Crippen molar-refractivity contribution < 1.29 is 14.7 Å². The van der Waals surface area contributed by atoms with E-state index in [1.165, 1.54) is 0 Å². The van der Waals surface area contributed by atoms with E-state index >= 15 is 0 Å². The largest absolute Gasteiger partial charge is 0.389 e. The second kappa shape index (κ2) is 7.59. The first-order valence-corrected chi connectivity index (χ1v) is 8.35. The zero-order valence-corrected chi connectivity index (χ0v) is 13.9. The average Bonchev–Trinajstić information content (AvgIpc) is 3.04. The van der Waals surface area contributed by atoms with E-state index in [1.54, 1.807) is 4.90 Å². The quantitative estimate of drug-likeness (QED) is 0.756. The Morgan fingerprint density at radius 3 is 2.61 bits per heavy atom. The van der Waals surface area contributed by atoms with E-state index in [1.807, 2.05) is 44.2 Å². The van der Waals surface area contributed by atoms with Crippen LogP contribution in [0.4, 0.5) is 0 Å². The first-order valence-electron chi connectivity index (χ1n) is 8.35. The predicted molar refractivity (Wildman–Crippen MR) is 88.6 cm³/mol. The number of hydrogen-bond acceptors (Lipinski definition) is 3. The Hall–Kier alpha value is -1.88. The van der Waals surface area contributed by atoms with E-state index in [4.69, 9.17) is 0 Å². The average molecular weight is 318 g/mol. The molecule has 1 fully saturated rings. The fourth-order valence-electron chi connectivity index (χ4n) is 3.43. The van der Waals surface area contributed by atoms with Gasteiger partial charge in [-0.3, -0.25) is 9.59 Å². The van der Waals surface area contributed by atoms with Gasteiger partial charge in [0.15, 0.2) is 0 Å². The Labute approximate surface area is 137 Å². The van der Waals surface area contributed by atoms with E-state index in [0.717, 1.165) is 18.4 Å². The minimum atomic E-state index is -1.09. The Kier molecular flexibility index (Phi) is 5.77. The van der Waals surface area contributed by atoms with Crippen LogP contribution in [0.5, 0.6) is 0 Å². The monoisotopic (exact) mass is 318 g/mol. The summed E-state index contributed by atoms with van der Waals surface area (Å²) in [7, 11) is 0. The van der Waals surface area contributed by atoms with Crippen molar-refractivity contribution in [3.05, 3.63) is 35.9 Å². The third kappa shape index (κ3) is 3.55. The molecule has 1 aromatic carbocycles. The lowest BCUT2D eigenvalue weighted by Crippen LogP contribution is -2.51. The van der Waals surface area contributed by atoms with Crippen molar-refractivity contribution in [1.82, 2.24) is 10.2 Å². The van der Waals surface area contributed by atoms with Gasteiger partial charge in [-0.2, -0.15) is 0 Å². The molecule has 0 bridgehead atoms. The molecule has 0 saturated carbocycles. The fourth-order valence-corrected chi connectivity index (χ4v) is 3.43. The number of aliphatic hydroxyl groups is 1. The van der Waals surface area contributed by atoms with Crippen molar-refractivity contribution in [3.8, 4) is 0 Å². The number of rotatable bonds is 7. The van der Waals surface area contributed by atoms with Crippen molar-refractivity contribution in [1.29, 1.82) is 0 Å². The molecule has 1 saturated heterocycles. The molecule has 1 heterocycles. The first-order chi connectivity index (χ1) is 11.1. The van der Waals surface area contributed by atoms with Gasteiger partial charge in [-0.1, -0.05) is 44.2 Å². The molecule has 2 atom stereocenters. The lowest BCUT2D eigenvalue weighted by atomic mass is 9.77. The molecular formula is C18H26N2O3. The summed E-state index contributed by atoms with van der Waals surface area (Å²) in [6, 6.07) is 9.43. The molecular weight excluding hydrogens is 292 g/mol. The normalized spacial score (nSPS) is 19.4. The Balaban J connectivity index is 2.37. The lowest BCUT2D eigenvalue weighted by molar-refractivity contribution is -0.141. The van der Waals surface area contributed by atoms with Crippen LogP contribution in [0.3, 0.4) is 0 Å². The Bertz CT molecular complexity index is 528. The van der Waals surface area contributed by atoms with Crippen LogP contribution in [0, 0.1) is 0 Å². The molecule has 2 amide bonds. The van der Waals surface area contributed by atoms with Gasteiger partial charge in [-0.15, -0.1) is 0 Å². The molecule has 0 aliphatic carbocycles. The van der Waals surface area contributed by atoms with Crippen molar-refractivity contribution in [3.63, 3.8) is 0 Å². The molecule has 23 heavy (non-hydrogen) atoms. The van der Waals surface area contributed by atoms with Crippen molar-refractivity contribution >= 4 is 12.3 Å². The summed E-state index contributed by atoms with van der Waals surface area (Å²) in [6.07, 6.45) is 2.96. The molecule has 0 aromatic heterocycles. The van der Waals surface area contributed by atoms with Gasteiger partial charge in [0.25, 0.3) is 0 Å². The topological polar surface area (TPSA) is 69.6 Å². The highest BCUT2D eigenvalue weighted by atomic mass is 16.3. The van der Waals surface area contributed by atoms with Crippen LogP contribution in [-0.4, -0.2) is 40.6 Å². The maximum Gasteiger partial charge on any atom is 0.234 e. The van der Waals surface area contributed by atoms with Gasteiger partial charge in [0.05, 0.1) is 11.5 Å². The van der Waals surface area contributed by atoms with E-state index in [9.17, 15) is 14.7 Å². The first kappa shape index (κ1) is 17.5. The lowest BCUT2D eigenvalue weighted by Gasteiger charge is -2.38. The van der Waals surface area contributed by atoms with Crippen molar-refractivity contribution in [2.45, 2.75) is 57.2 Å². The predicted octanol–water partition coefficient (Wildman–Crippen LogP) is 2.02. The second-order valence-electron chi connectivity index (χ2n) is 6.13.